The van der Waals surface area contributed by atoms with E-state index in [2.05, 4.69) is 26.7 Å². The van der Waals surface area contributed by atoms with Crippen molar-refractivity contribution in [1.29, 1.82) is 5.26 Å². The second kappa shape index (κ2) is 5.60. The van der Waals surface area contributed by atoms with Crippen LogP contribution in [0.4, 0.5) is 0 Å². The second-order valence-corrected chi connectivity index (χ2v) is 5.02. The molecule has 0 bridgehead atoms. The molecular weight excluding hydrogens is 268 g/mol. The van der Waals surface area contributed by atoms with Crippen molar-refractivity contribution in [2.45, 2.75) is 19.1 Å². The zero-order chi connectivity index (χ0) is 14.8. The van der Waals surface area contributed by atoms with Crippen molar-refractivity contribution in [3.8, 4) is 17.3 Å². The molecule has 2 unspecified atom stereocenters. The van der Waals surface area contributed by atoms with Gasteiger partial charge >= 0.3 is 0 Å². The molecule has 21 heavy (non-hydrogen) atoms. The topological polar surface area (TPSA) is 88.6 Å². The minimum atomic E-state index is -0.161. The molecule has 108 valence electrons. The number of nitrogens with one attached hydrogen (secondary N) is 1. The number of aryl methyl sites for hydroxylation is 1. The van der Waals surface area contributed by atoms with Crippen LogP contribution >= 0.6 is 0 Å². The maximum atomic E-state index is 9.24. The standard InChI is InChI=1S/C14H16N6O/c1-9-14(21-6-5-16-9)11-7-10(12(8-15)19-18-11)13-3-4-17-20(13)2/h3-4,7,9,14,16H,5-6H2,1-2H3. The van der Waals surface area contributed by atoms with Crippen LogP contribution in [0.25, 0.3) is 11.3 Å². The Labute approximate surface area is 122 Å². The molecule has 7 heteroatoms. The third-order valence-electron chi connectivity index (χ3n) is 3.63. The quantitative estimate of drug-likeness (QED) is 0.877. The van der Waals surface area contributed by atoms with E-state index in [-0.39, 0.29) is 12.1 Å². The van der Waals surface area contributed by atoms with Gasteiger partial charge in [-0.3, -0.25) is 4.68 Å². The Bertz CT molecular complexity index is 689. The number of hydrogen-bond acceptors (Lipinski definition) is 6. The van der Waals surface area contributed by atoms with Crippen LogP contribution in [0.15, 0.2) is 18.3 Å². The van der Waals surface area contributed by atoms with Gasteiger partial charge in [0.2, 0.25) is 0 Å². The second-order valence-electron chi connectivity index (χ2n) is 5.02. The maximum absolute atomic E-state index is 9.24. The van der Waals surface area contributed by atoms with E-state index >= 15 is 0 Å². The molecular formula is C14H16N6O. The first-order valence-electron chi connectivity index (χ1n) is 6.82. The molecule has 1 fully saturated rings. The van der Waals surface area contributed by atoms with Gasteiger partial charge in [-0.1, -0.05) is 0 Å². The Morgan fingerprint density at radius 1 is 1.48 bits per heavy atom. The van der Waals surface area contributed by atoms with Crippen LogP contribution in [0.2, 0.25) is 0 Å². The smallest absolute Gasteiger partial charge is 0.172 e. The Morgan fingerprint density at radius 3 is 3.00 bits per heavy atom. The van der Waals surface area contributed by atoms with Gasteiger partial charge in [-0.25, -0.2) is 0 Å². The van der Waals surface area contributed by atoms with Crippen molar-refractivity contribution < 1.29 is 4.74 Å². The molecule has 0 saturated carbocycles. The summed E-state index contributed by atoms with van der Waals surface area (Å²) in [6, 6.07) is 5.96. The van der Waals surface area contributed by atoms with E-state index in [4.69, 9.17) is 4.74 Å². The molecule has 2 aromatic heterocycles. The molecule has 2 atom stereocenters. The number of nitriles is 1. The van der Waals surface area contributed by atoms with Gasteiger partial charge in [0.1, 0.15) is 12.2 Å². The van der Waals surface area contributed by atoms with Crippen molar-refractivity contribution in [2.75, 3.05) is 13.2 Å². The Balaban J connectivity index is 2.05. The van der Waals surface area contributed by atoms with Crippen LogP contribution in [0.1, 0.15) is 24.4 Å². The zero-order valence-corrected chi connectivity index (χ0v) is 11.9. The Morgan fingerprint density at radius 2 is 2.33 bits per heavy atom. The normalized spacial score (nSPS) is 22.0. The van der Waals surface area contributed by atoms with Gasteiger partial charge in [0, 0.05) is 31.4 Å². The van der Waals surface area contributed by atoms with Gasteiger partial charge < -0.3 is 10.1 Å². The van der Waals surface area contributed by atoms with Crippen LogP contribution in [-0.4, -0.2) is 39.2 Å². The number of hydrogen-bond donors (Lipinski definition) is 1. The van der Waals surface area contributed by atoms with Crippen LogP contribution in [0.3, 0.4) is 0 Å². The summed E-state index contributed by atoms with van der Waals surface area (Å²) in [5, 5.41) is 24.9. The minimum Gasteiger partial charge on any atom is -0.369 e. The van der Waals surface area contributed by atoms with Crippen LogP contribution in [-0.2, 0) is 11.8 Å². The number of nitrogens with zero attached hydrogens (tertiary/aromatic N) is 5. The lowest BCUT2D eigenvalue weighted by atomic mass is 10.0. The van der Waals surface area contributed by atoms with E-state index < -0.39 is 0 Å². The fraction of sp³-hybridized carbons (Fsp3) is 0.429. The molecule has 3 rings (SSSR count). The largest absolute Gasteiger partial charge is 0.369 e. The van der Waals surface area contributed by atoms with Gasteiger partial charge in [0.25, 0.3) is 0 Å². The molecule has 0 aromatic carbocycles. The summed E-state index contributed by atoms with van der Waals surface area (Å²) in [7, 11) is 1.83. The SMILES string of the molecule is CC1NCCOC1c1cc(-c2ccnn2C)c(C#N)nn1. The van der Waals surface area contributed by atoms with Crippen molar-refractivity contribution in [2.24, 2.45) is 7.05 Å². The summed E-state index contributed by atoms with van der Waals surface area (Å²) < 4.78 is 7.50. The lowest BCUT2D eigenvalue weighted by Gasteiger charge is -2.29. The third-order valence-corrected chi connectivity index (χ3v) is 3.63. The highest BCUT2D eigenvalue weighted by Crippen LogP contribution is 2.27. The molecule has 0 amide bonds. The number of ether oxygens (including phenoxy) is 1. The zero-order valence-electron chi connectivity index (χ0n) is 11.9. The van der Waals surface area contributed by atoms with Crippen molar-refractivity contribution in [3.05, 3.63) is 29.7 Å². The van der Waals surface area contributed by atoms with E-state index in [1.165, 1.54) is 0 Å². The fourth-order valence-corrected chi connectivity index (χ4v) is 2.53. The summed E-state index contributed by atoms with van der Waals surface area (Å²) in [5.41, 5.74) is 2.58. The van der Waals surface area contributed by atoms with Crippen LogP contribution in [0, 0.1) is 11.3 Å². The molecule has 0 spiro atoms. The van der Waals surface area contributed by atoms with Crippen molar-refractivity contribution in [3.63, 3.8) is 0 Å². The molecule has 1 N–H and O–H groups in total. The van der Waals surface area contributed by atoms with Gasteiger partial charge in [-0.05, 0) is 19.1 Å². The summed E-state index contributed by atoms with van der Waals surface area (Å²) in [4.78, 5) is 0. The molecule has 7 nitrogen and oxygen atoms in total. The third kappa shape index (κ3) is 2.51. The Kier molecular flexibility index (Phi) is 3.64. The van der Waals surface area contributed by atoms with E-state index in [9.17, 15) is 5.26 Å². The molecule has 3 heterocycles. The predicted molar refractivity (Wildman–Crippen MR) is 75.1 cm³/mol. The molecule has 1 saturated heterocycles. The monoisotopic (exact) mass is 284 g/mol. The Hall–Kier alpha value is -2.30. The van der Waals surface area contributed by atoms with E-state index in [0.717, 1.165) is 23.5 Å². The maximum Gasteiger partial charge on any atom is 0.172 e. The molecule has 1 aliphatic rings. The molecule has 2 aromatic rings. The summed E-state index contributed by atoms with van der Waals surface area (Å²) in [6.45, 7) is 3.52. The van der Waals surface area contributed by atoms with Gasteiger partial charge in [-0.15, -0.1) is 5.10 Å². The highest BCUT2D eigenvalue weighted by atomic mass is 16.5. The van der Waals surface area contributed by atoms with Crippen LogP contribution < -0.4 is 5.32 Å². The van der Waals surface area contributed by atoms with E-state index in [1.807, 2.05) is 26.1 Å². The first kappa shape index (κ1) is 13.7. The molecule has 1 aliphatic heterocycles. The van der Waals surface area contributed by atoms with Gasteiger partial charge in [0.15, 0.2) is 5.69 Å². The minimum absolute atomic E-state index is 0.153. The van der Waals surface area contributed by atoms with E-state index in [0.29, 0.717) is 12.3 Å². The first-order chi connectivity index (χ1) is 10.2. The van der Waals surface area contributed by atoms with Crippen LogP contribution in [0.5, 0.6) is 0 Å². The summed E-state index contributed by atoms with van der Waals surface area (Å²) >= 11 is 0. The number of aromatic nitrogens is 4. The molecule has 0 aliphatic carbocycles. The highest BCUT2D eigenvalue weighted by molar-refractivity contribution is 5.65. The summed E-state index contributed by atoms with van der Waals surface area (Å²) in [6.07, 6.45) is 1.53. The van der Waals surface area contributed by atoms with Gasteiger partial charge in [0.05, 0.1) is 18.0 Å². The van der Waals surface area contributed by atoms with Gasteiger partial charge in [-0.2, -0.15) is 15.5 Å². The fourth-order valence-electron chi connectivity index (χ4n) is 2.53. The lowest BCUT2D eigenvalue weighted by molar-refractivity contribution is -0.00330. The van der Waals surface area contributed by atoms with Crippen molar-refractivity contribution in [1.82, 2.24) is 25.3 Å². The first-order valence-corrected chi connectivity index (χ1v) is 6.82. The number of rotatable bonds is 2. The molecule has 0 radical (unpaired) electrons. The average Bonchev–Trinajstić information content (AvgIpc) is 2.93. The highest BCUT2D eigenvalue weighted by Gasteiger charge is 2.26. The predicted octanol–water partition coefficient (Wildman–Crippen LogP) is 0.798. The lowest BCUT2D eigenvalue weighted by Crippen LogP contribution is -2.41. The summed E-state index contributed by atoms with van der Waals surface area (Å²) in [5.74, 6) is 0. The average molecular weight is 284 g/mol. The number of morpholine rings is 1. The van der Waals surface area contributed by atoms with Crippen molar-refractivity contribution >= 4 is 0 Å². The van der Waals surface area contributed by atoms with E-state index in [1.54, 1.807) is 10.9 Å².